The van der Waals surface area contributed by atoms with Crippen LogP contribution in [0.4, 0.5) is 0 Å². The lowest BCUT2D eigenvalue weighted by Crippen LogP contribution is -2.21. The van der Waals surface area contributed by atoms with Crippen molar-refractivity contribution in [2.24, 2.45) is 0 Å². The molecule has 2 aromatic heterocycles. The zero-order valence-electron chi connectivity index (χ0n) is 8.60. The Labute approximate surface area is 92.8 Å². The van der Waals surface area contributed by atoms with E-state index in [0.717, 1.165) is 24.5 Å². The van der Waals surface area contributed by atoms with Crippen LogP contribution in [0.5, 0.6) is 0 Å². The van der Waals surface area contributed by atoms with Crippen molar-refractivity contribution >= 4 is 11.3 Å². The molecule has 0 amide bonds. The number of thiazole rings is 1. The number of hydrogen-bond donors (Lipinski definition) is 2. The summed E-state index contributed by atoms with van der Waals surface area (Å²) in [6.07, 6.45) is 4.64. The van der Waals surface area contributed by atoms with Crippen molar-refractivity contribution in [2.45, 2.75) is 25.9 Å². The number of hydrogen-bond acceptors (Lipinski definition) is 4. The van der Waals surface area contributed by atoms with E-state index >= 15 is 0 Å². The molecule has 0 saturated heterocycles. The quantitative estimate of drug-likeness (QED) is 0.814. The molecule has 5 heteroatoms. The largest absolute Gasteiger partial charge is 0.347 e. The predicted octanol–water partition coefficient (Wildman–Crippen LogP) is 2.11. The molecule has 0 aliphatic rings. The fourth-order valence-electron chi connectivity index (χ4n) is 1.46. The second-order valence-corrected chi connectivity index (χ2v) is 4.01. The van der Waals surface area contributed by atoms with E-state index in [-0.39, 0.29) is 6.04 Å². The maximum absolute atomic E-state index is 4.25. The van der Waals surface area contributed by atoms with E-state index in [0.29, 0.717) is 0 Å². The van der Waals surface area contributed by atoms with Gasteiger partial charge in [0.2, 0.25) is 0 Å². The van der Waals surface area contributed by atoms with Gasteiger partial charge in [-0.2, -0.15) is 0 Å². The normalized spacial score (nSPS) is 12.9. The van der Waals surface area contributed by atoms with Gasteiger partial charge in [-0.05, 0) is 6.42 Å². The highest BCUT2D eigenvalue weighted by Gasteiger charge is 2.10. The fourth-order valence-corrected chi connectivity index (χ4v) is 2.01. The number of nitrogens with one attached hydrogen (secondary N) is 2. The summed E-state index contributed by atoms with van der Waals surface area (Å²) in [5, 5.41) is 5.48. The molecule has 0 spiro atoms. The Morgan fingerprint density at radius 1 is 1.53 bits per heavy atom. The minimum atomic E-state index is 0.279. The standard InChI is InChI=1S/C10H14N4S/c1-2-9(10-11-3-4-12-10)13-5-8-6-15-7-14-8/h3-4,6-7,9,13H,2,5H2,1H3,(H,11,12). The molecule has 1 atom stereocenters. The predicted molar refractivity (Wildman–Crippen MR) is 60.6 cm³/mol. The van der Waals surface area contributed by atoms with E-state index in [2.05, 4.69) is 32.6 Å². The molecule has 2 aromatic rings. The SMILES string of the molecule is CCC(NCc1cscn1)c1ncc[nH]1. The molecule has 0 saturated carbocycles. The van der Waals surface area contributed by atoms with Gasteiger partial charge in [0.1, 0.15) is 5.82 Å². The Kier molecular flexibility index (Phi) is 3.47. The second-order valence-electron chi connectivity index (χ2n) is 3.30. The first kappa shape index (κ1) is 10.3. The van der Waals surface area contributed by atoms with Gasteiger partial charge in [-0.15, -0.1) is 11.3 Å². The van der Waals surface area contributed by atoms with Gasteiger partial charge in [-0.1, -0.05) is 6.92 Å². The summed E-state index contributed by atoms with van der Waals surface area (Å²) in [6.45, 7) is 2.93. The van der Waals surface area contributed by atoms with Gasteiger partial charge in [0.25, 0.3) is 0 Å². The third-order valence-corrected chi connectivity index (χ3v) is 2.91. The Morgan fingerprint density at radius 2 is 2.47 bits per heavy atom. The number of aromatic amines is 1. The van der Waals surface area contributed by atoms with E-state index in [1.165, 1.54) is 0 Å². The molecule has 0 fully saturated rings. The number of aromatic nitrogens is 3. The van der Waals surface area contributed by atoms with Gasteiger partial charge >= 0.3 is 0 Å². The molecule has 0 aromatic carbocycles. The molecule has 0 aliphatic heterocycles. The van der Waals surface area contributed by atoms with Crippen LogP contribution in [0.25, 0.3) is 0 Å². The van der Waals surface area contributed by atoms with Gasteiger partial charge in [0.15, 0.2) is 0 Å². The fraction of sp³-hybridized carbons (Fsp3) is 0.400. The molecule has 1 unspecified atom stereocenters. The van der Waals surface area contributed by atoms with Crippen molar-refractivity contribution < 1.29 is 0 Å². The Balaban J connectivity index is 1.92. The summed E-state index contributed by atoms with van der Waals surface area (Å²) in [5.74, 6) is 0.993. The average Bonchev–Trinajstić information content (AvgIpc) is 2.90. The highest BCUT2D eigenvalue weighted by Crippen LogP contribution is 2.12. The third kappa shape index (κ3) is 2.64. The Bertz CT molecular complexity index is 368. The maximum Gasteiger partial charge on any atom is 0.123 e. The van der Waals surface area contributed by atoms with Crippen molar-refractivity contribution in [3.05, 3.63) is 34.8 Å². The summed E-state index contributed by atoms with van der Waals surface area (Å²) in [4.78, 5) is 11.6. The van der Waals surface area contributed by atoms with Crippen LogP contribution in [-0.2, 0) is 6.54 Å². The van der Waals surface area contributed by atoms with Crippen LogP contribution in [0.3, 0.4) is 0 Å². The monoisotopic (exact) mass is 222 g/mol. The highest BCUT2D eigenvalue weighted by atomic mass is 32.1. The molecule has 0 radical (unpaired) electrons. The van der Waals surface area contributed by atoms with Gasteiger partial charge in [0, 0.05) is 24.3 Å². The zero-order chi connectivity index (χ0) is 10.5. The van der Waals surface area contributed by atoms with Gasteiger partial charge in [-0.25, -0.2) is 9.97 Å². The first-order valence-electron chi connectivity index (χ1n) is 5.00. The zero-order valence-corrected chi connectivity index (χ0v) is 9.42. The molecular weight excluding hydrogens is 208 g/mol. The summed E-state index contributed by atoms with van der Waals surface area (Å²) < 4.78 is 0. The lowest BCUT2D eigenvalue weighted by molar-refractivity contribution is 0.494. The van der Waals surface area contributed by atoms with Crippen molar-refractivity contribution in [1.29, 1.82) is 0 Å². The summed E-state index contributed by atoms with van der Waals surface area (Å²) in [7, 11) is 0. The molecule has 2 rings (SSSR count). The second kappa shape index (κ2) is 5.04. The lowest BCUT2D eigenvalue weighted by atomic mass is 10.2. The first-order chi connectivity index (χ1) is 7.40. The van der Waals surface area contributed by atoms with Crippen LogP contribution in [0.15, 0.2) is 23.3 Å². The average molecular weight is 222 g/mol. The number of H-pyrrole nitrogens is 1. The number of nitrogens with zero attached hydrogens (tertiary/aromatic N) is 2. The van der Waals surface area contributed by atoms with E-state index in [9.17, 15) is 0 Å². The minimum Gasteiger partial charge on any atom is -0.347 e. The third-order valence-electron chi connectivity index (χ3n) is 2.27. The summed E-state index contributed by atoms with van der Waals surface area (Å²) in [5.41, 5.74) is 2.94. The van der Waals surface area contributed by atoms with Crippen LogP contribution in [-0.4, -0.2) is 15.0 Å². The maximum atomic E-state index is 4.25. The molecule has 2 N–H and O–H groups in total. The Hall–Kier alpha value is -1.20. The van der Waals surface area contributed by atoms with Crippen LogP contribution in [0, 0.1) is 0 Å². The number of imidazole rings is 1. The van der Waals surface area contributed by atoms with E-state index < -0.39 is 0 Å². The van der Waals surface area contributed by atoms with Crippen molar-refractivity contribution in [3.8, 4) is 0 Å². The molecular formula is C10H14N4S. The van der Waals surface area contributed by atoms with Gasteiger partial charge in [0.05, 0.1) is 17.2 Å². The molecule has 80 valence electrons. The van der Waals surface area contributed by atoms with Crippen LogP contribution >= 0.6 is 11.3 Å². The lowest BCUT2D eigenvalue weighted by Gasteiger charge is -2.13. The van der Waals surface area contributed by atoms with Gasteiger partial charge < -0.3 is 10.3 Å². The van der Waals surface area contributed by atoms with Crippen LogP contribution in [0.1, 0.15) is 30.9 Å². The van der Waals surface area contributed by atoms with E-state index in [1.54, 1.807) is 17.5 Å². The number of rotatable bonds is 5. The van der Waals surface area contributed by atoms with Gasteiger partial charge in [-0.3, -0.25) is 0 Å². The molecule has 15 heavy (non-hydrogen) atoms. The van der Waals surface area contributed by atoms with Crippen molar-refractivity contribution in [3.63, 3.8) is 0 Å². The van der Waals surface area contributed by atoms with Crippen molar-refractivity contribution in [1.82, 2.24) is 20.3 Å². The summed E-state index contributed by atoms with van der Waals surface area (Å²) in [6, 6.07) is 0.279. The van der Waals surface area contributed by atoms with Crippen molar-refractivity contribution in [2.75, 3.05) is 0 Å². The van der Waals surface area contributed by atoms with Crippen LogP contribution < -0.4 is 5.32 Å². The van der Waals surface area contributed by atoms with Crippen LogP contribution in [0.2, 0.25) is 0 Å². The smallest absolute Gasteiger partial charge is 0.123 e. The Morgan fingerprint density at radius 3 is 3.07 bits per heavy atom. The van der Waals surface area contributed by atoms with E-state index in [1.807, 2.05) is 11.7 Å². The molecule has 0 aliphatic carbocycles. The minimum absolute atomic E-state index is 0.279. The first-order valence-corrected chi connectivity index (χ1v) is 5.94. The molecule has 0 bridgehead atoms. The highest BCUT2D eigenvalue weighted by molar-refractivity contribution is 7.07. The summed E-state index contributed by atoms with van der Waals surface area (Å²) >= 11 is 1.62. The van der Waals surface area contributed by atoms with E-state index in [4.69, 9.17) is 0 Å². The molecule has 4 nitrogen and oxygen atoms in total. The topological polar surface area (TPSA) is 53.6 Å². The molecule has 2 heterocycles.